The largest absolute Gasteiger partial charge is 0.230 e. The van der Waals surface area contributed by atoms with E-state index in [0.717, 1.165) is 25.7 Å². The highest BCUT2D eigenvalue weighted by Crippen LogP contribution is 2.32. The number of rotatable bonds is 13. The smallest absolute Gasteiger partial charge is 0.101 e. The van der Waals surface area contributed by atoms with E-state index >= 15 is 0 Å². The minimum absolute atomic E-state index is 0.314. The van der Waals surface area contributed by atoms with Gasteiger partial charge in [0.2, 0.25) is 0 Å². The van der Waals surface area contributed by atoms with Crippen LogP contribution in [0.25, 0.3) is 0 Å². The molecule has 0 saturated carbocycles. The molecule has 26 heavy (non-hydrogen) atoms. The fraction of sp³-hybridized carbons (Fsp3) is 1.00. The summed E-state index contributed by atoms with van der Waals surface area (Å²) in [6, 6.07) is 0. The average Bonchev–Trinajstić information content (AvgIpc) is 2.48. The third-order valence-electron chi connectivity index (χ3n) is 4.08. The normalized spacial score (nSPS) is 15.9. The van der Waals surface area contributed by atoms with Crippen molar-refractivity contribution >= 4 is 0 Å². The summed E-state index contributed by atoms with van der Waals surface area (Å²) in [4.78, 5) is 22.8. The number of unbranched alkanes of at least 4 members (excludes halogenated alkanes) is 4. The van der Waals surface area contributed by atoms with E-state index in [1.54, 1.807) is 0 Å². The lowest BCUT2D eigenvalue weighted by molar-refractivity contribution is -0.413. The number of hydrogen-bond donors (Lipinski definition) is 0. The Hall–Kier alpha value is -0.160. The molecule has 1 unspecified atom stereocenters. The zero-order valence-corrected chi connectivity index (χ0v) is 19.3. The van der Waals surface area contributed by atoms with Gasteiger partial charge in [0, 0.05) is 0 Å². The van der Waals surface area contributed by atoms with E-state index in [1.165, 1.54) is 25.7 Å². The second-order valence-electron chi connectivity index (χ2n) is 10.4. The van der Waals surface area contributed by atoms with E-state index in [9.17, 15) is 0 Å². The Bertz CT molecular complexity index is 365. The Labute approximate surface area is 163 Å². The molecular weight excluding hydrogens is 328 g/mol. The van der Waals surface area contributed by atoms with Crippen LogP contribution in [0, 0.1) is 0 Å². The third kappa shape index (κ3) is 15.0. The van der Waals surface area contributed by atoms with Crippen molar-refractivity contribution in [3.8, 4) is 0 Å². The number of hydrogen-bond acceptors (Lipinski definition) is 4. The van der Waals surface area contributed by atoms with Crippen LogP contribution in [0.2, 0.25) is 0 Å². The lowest BCUT2D eigenvalue weighted by Crippen LogP contribution is -2.37. The van der Waals surface area contributed by atoms with Gasteiger partial charge < -0.3 is 0 Å². The van der Waals surface area contributed by atoms with Crippen LogP contribution >= 0.6 is 0 Å². The molecule has 0 aromatic heterocycles. The van der Waals surface area contributed by atoms with Gasteiger partial charge in [0.15, 0.2) is 0 Å². The quantitative estimate of drug-likeness (QED) is 0.195. The molecule has 0 fully saturated rings. The molecule has 0 aliphatic carbocycles. The molecule has 0 aliphatic heterocycles. The van der Waals surface area contributed by atoms with Gasteiger partial charge in [-0.2, -0.15) is 0 Å². The Morgan fingerprint density at radius 3 is 1.50 bits per heavy atom. The first-order chi connectivity index (χ1) is 11.7. The van der Waals surface area contributed by atoms with Crippen LogP contribution in [-0.2, 0) is 19.6 Å². The van der Waals surface area contributed by atoms with Gasteiger partial charge in [-0.3, -0.25) is 0 Å². The van der Waals surface area contributed by atoms with Crippen molar-refractivity contribution in [2.75, 3.05) is 0 Å². The Morgan fingerprint density at radius 1 is 0.500 bits per heavy atom. The van der Waals surface area contributed by atoms with Crippen LogP contribution in [0.3, 0.4) is 0 Å². The Kier molecular flexibility index (Phi) is 10.9. The van der Waals surface area contributed by atoms with Crippen molar-refractivity contribution in [1.82, 2.24) is 0 Å². The molecule has 0 bridgehead atoms. The van der Waals surface area contributed by atoms with Crippen molar-refractivity contribution < 1.29 is 19.6 Å². The predicted molar refractivity (Wildman–Crippen MR) is 109 cm³/mol. The predicted octanol–water partition coefficient (Wildman–Crippen LogP) is 7.16. The second-order valence-corrected chi connectivity index (χ2v) is 10.4. The monoisotopic (exact) mass is 374 g/mol. The van der Waals surface area contributed by atoms with E-state index in [2.05, 4.69) is 27.7 Å². The molecule has 0 heterocycles. The van der Waals surface area contributed by atoms with Gasteiger partial charge in [0.25, 0.3) is 0 Å². The maximum absolute atomic E-state index is 5.95. The molecule has 0 aromatic rings. The molecule has 4 heteroatoms. The van der Waals surface area contributed by atoms with Crippen molar-refractivity contribution in [1.29, 1.82) is 0 Å². The highest BCUT2D eigenvalue weighted by molar-refractivity contribution is 4.79. The average molecular weight is 375 g/mol. The molecule has 0 radical (unpaired) electrons. The summed E-state index contributed by atoms with van der Waals surface area (Å²) in [6.07, 6.45) is 8.95. The van der Waals surface area contributed by atoms with Crippen molar-refractivity contribution in [2.24, 2.45) is 0 Å². The molecule has 0 spiro atoms. The molecule has 0 aliphatic rings. The van der Waals surface area contributed by atoms with E-state index in [4.69, 9.17) is 19.6 Å². The first-order valence-corrected chi connectivity index (χ1v) is 10.4. The minimum Gasteiger partial charge on any atom is -0.230 e. The molecule has 4 nitrogen and oxygen atoms in total. The molecule has 158 valence electrons. The maximum Gasteiger partial charge on any atom is 0.101 e. The minimum atomic E-state index is -0.373. The summed E-state index contributed by atoms with van der Waals surface area (Å²) in [5.41, 5.74) is -1.32. The standard InChI is InChI=1S/C22H46O4/c1-11-12-13-14-15-16-22(10,26-24-20(5,6)7)18-17-21(8,9)25-23-19(2,3)4/h11-18H2,1-10H3. The summed E-state index contributed by atoms with van der Waals surface area (Å²) in [6.45, 7) is 20.5. The second kappa shape index (κ2) is 11.0. The van der Waals surface area contributed by atoms with E-state index in [0.29, 0.717) is 0 Å². The van der Waals surface area contributed by atoms with Crippen LogP contribution in [0.1, 0.15) is 121 Å². The van der Waals surface area contributed by atoms with Crippen LogP contribution < -0.4 is 0 Å². The summed E-state index contributed by atoms with van der Waals surface area (Å²) in [7, 11) is 0. The van der Waals surface area contributed by atoms with Gasteiger partial charge in [-0.25, -0.2) is 19.6 Å². The highest BCUT2D eigenvalue weighted by Gasteiger charge is 2.33. The van der Waals surface area contributed by atoms with Crippen LogP contribution in [0.15, 0.2) is 0 Å². The van der Waals surface area contributed by atoms with Crippen molar-refractivity contribution in [3.05, 3.63) is 0 Å². The molecule has 0 rings (SSSR count). The van der Waals surface area contributed by atoms with Crippen LogP contribution in [0.5, 0.6) is 0 Å². The van der Waals surface area contributed by atoms with Gasteiger partial charge in [0.1, 0.15) is 5.60 Å². The lowest BCUT2D eigenvalue weighted by atomic mass is 9.88. The third-order valence-corrected chi connectivity index (χ3v) is 4.08. The van der Waals surface area contributed by atoms with E-state index in [1.807, 2.05) is 41.5 Å². The molecule has 0 saturated heterocycles. The van der Waals surface area contributed by atoms with E-state index < -0.39 is 0 Å². The van der Waals surface area contributed by atoms with Crippen molar-refractivity contribution in [2.45, 2.75) is 143 Å². The van der Waals surface area contributed by atoms with E-state index in [-0.39, 0.29) is 22.4 Å². The molecule has 0 amide bonds. The SMILES string of the molecule is CCCCCCCC(C)(CCC(C)(C)OOC(C)(C)C)OOC(C)(C)C. The topological polar surface area (TPSA) is 36.9 Å². The fourth-order valence-corrected chi connectivity index (χ4v) is 2.38. The summed E-state index contributed by atoms with van der Waals surface area (Å²) in [5, 5.41) is 0. The zero-order chi connectivity index (χ0) is 20.5. The Morgan fingerprint density at radius 2 is 1.00 bits per heavy atom. The van der Waals surface area contributed by atoms with Gasteiger partial charge >= 0.3 is 0 Å². The van der Waals surface area contributed by atoms with Crippen LogP contribution in [-0.4, -0.2) is 22.4 Å². The van der Waals surface area contributed by atoms with Gasteiger partial charge in [0.05, 0.1) is 16.8 Å². The fourth-order valence-electron chi connectivity index (χ4n) is 2.38. The summed E-state index contributed by atoms with van der Waals surface area (Å²) < 4.78 is 0. The summed E-state index contributed by atoms with van der Waals surface area (Å²) in [5.74, 6) is 0. The molecule has 0 N–H and O–H groups in total. The van der Waals surface area contributed by atoms with Gasteiger partial charge in [-0.05, 0) is 81.6 Å². The first-order valence-electron chi connectivity index (χ1n) is 10.4. The highest BCUT2D eigenvalue weighted by atomic mass is 17.2. The van der Waals surface area contributed by atoms with Gasteiger partial charge in [-0.15, -0.1) is 0 Å². The van der Waals surface area contributed by atoms with Crippen molar-refractivity contribution in [3.63, 3.8) is 0 Å². The zero-order valence-electron chi connectivity index (χ0n) is 19.3. The Balaban J connectivity index is 4.66. The molecule has 1 atom stereocenters. The summed E-state index contributed by atoms with van der Waals surface area (Å²) >= 11 is 0. The lowest BCUT2D eigenvalue weighted by Gasteiger charge is -2.35. The molecular formula is C22H46O4. The first kappa shape index (κ1) is 25.8. The maximum atomic E-state index is 5.95. The molecule has 0 aromatic carbocycles. The van der Waals surface area contributed by atoms with Crippen LogP contribution in [0.4, 0.5) is 0 Å². The van der Waals surface area contributed by atoms with Gasteiger partial charge in [-0.1, -0.05) is 39.0 Å².